The molecule has 0 amide bonds. The van der Waals surface area contributed by atoms with Gasteiger partial charge in [-0.1, -0.05) is 0 Å². The van der Waals surface area contributed by atoms with Crippen LogP contribution >= 0.6 is 0 Å². The molecule has 104 valence electrons. The Kier molecular flexibility index (Phi) is 3.41. The third kappa shape index (κ3) is 2.44. The highest BCUT2D eigenvalue weighted by Crippen LogP contribution is 2.29. The molecule has 0 unspecified atom stereocenters. The molecule has 1 saturated heterocycles. The lowest BCUT2D eigenvalue weighted by atomic mass is 9.87. The molecule has 1 aromatic rings. The number of aromatic nitrogens is 2. The van der Waals surface area contributed by atoms with Crippen LogP contribution in [0, 0.1) is 12.3 Å². The molecule has 1 aliphatic heterocycles. The fraction of sp³-hybridized carbons (Fsp3) is 0.714. The molecule has 0 spiro atoms. The van der Waals surface area contributed by atoms with E-state index in [0.29, 0.717) is 19.8 Å². The highest BCUT2D eigenvalue weighted by atomic mass is 16.5. The van der Waals surface area contributed by atoms with Gasteiger partial charge in [0.25, 0.3) is 0 Å². The summed E-state index contributed by atoms with van der Waals surface area (Å²) in [5.41, 5.74) is 2.34. The topological polar surface area (TPSA) is 67.3 Å². The third-order valence-electron chi connectivity index (χ3n) is 4.08. The van der Waals surface area contributed by atoms with Crippen LogP contribution in [0.25, 0.3) is 0 Å². The number of aryl methyl sites for hydroxylation is 2. The average Bonchev–Trinajstić information content (AvgIpc) is 2.37. The van der Waals surface area contributed by atoms with Gasteiger partial charge in [-0.15, -0.1) is 0 Å². The highest BCUT2D eigenvalue weighted by Gasteiger charge is 2.38. The fourth-order valence-corrected chi connectivity index (χ4v) is 2.77. The second-order valence-corrected chi connectivity index (χ2v) is 5.76. The minimum atomic E-state index is -0.125. The molecule has 0 saturated carbocycles. The molecule has 2 heterocycles. The van der Waals surface area contributed by atoms with Crippen molar-refractivity contribution in [1.82, 2.24) is 9.97 Å². The summed E-state index contributed by atoms with van der Waals surface area (Å²) < 4.78 is 5.22. The second-order valence-electron chi connectivity index (χ2n) is 5.76. The standard InChI is InChI=1S/C14H21N3O2/c1-10-16-12-5-3-2-4-11(12)13(17-10)15-6-14(7-18)8-19-9-14/h18H,2-9H2,1H3,(H,15,16,17). The molecule has 2 N–H and O–H groups in total. The van der Waals surface area contributed by atoms with E-state index in [1.54, 1.807) is 0 Å². The van der Waals surface area contributed by atoms with Crippen LogP contribution in [0.4, 0.5) is 5.82 Å². The van der Waals surface area contributed by atoms with E-state index in [1.165, 1.54) is 24.1 Å². The summed E-state index contributed by atoms with van der Waals surface area (Å²) in [7, 11) is 0. The van der Waals surface area contributed by atoms with Crippen molar-refractivity contribution in [2.45, 2.75) is 32.6 Å². The monoisotopic (exact) mass is 263 g/mol. The maximum Gasteiger partial charge on any atom is 0.133 e. The van der Waals surface area contributed by atoms with E-state index >= 15 is 0 Å². The van der Waals surface area contributed by atoms with Crippen molar-refractivity contribution in [3.8, 4) is 0 Å². The van der Waals surface area contributed by atoms with Crippen LogP contribution in [0.15, 0.2) is 0 Å². The molecule has 5 heteroatoms. The Labute approximate surface area is 113 Å². The van der Waals surface area contributed by atoms with Crippen LogP contribution in [0.5, 0.6) is 0 Å². The Hall–Kier alpha value is -1.20. The average molecular weight is 263 g/mol. The molecule has 0 atom stereocenters. The van der Waals surface area contributed by atoms with Crippen LogP contribution in [0.2, 0.25) is 0 Å². The number of hydrogen-bond acceptors (Lipinski definition) is 5. The molecule has 1 fully saturated rings. The lowest BCUT2D eigenvalue weighted by Gasteiger charge is -2.40. The number of ether oxygens (including phenoxy) is 1. The molecule has 0 radical (unpaired) electrons. The Morgan fingerprint density at radius 2 is 2.05 bits per heavy atom. The summed E-state index contributed by atoms with van der Waals surface area (Å²) >= 11 is 0. The smallest absolute Gasteiger partial charge is 0.133 e. The van der Waals surface area contributed by atoms with Crippen molar-refractivity contribution >= 4 is 5.82 Å². The van der Waals surface area contributed by atoms with Crippen molar-refractivity contribution in [1.29, 1.82) is 0 Å². The number of fused-ring (bicyclic) bond motifs is 1. The number of aliphatic hydroxyl groups is 1. The van der Waals surface area contributed by atoms with E-state index in [0.717, 1.165) is 24.5 Å². The van der Waals surface area contributed by atoms with Crippen molar-refractivity contribution in [3.05, 3.63) is 17.1 Å². The fourth-order valence-electron chi connectivity index (χ4n) is 2.77. The van der Waals surface area contributed by atoms with E-state index in [-0.39, 0.29) is 12.0 Å². The Morgan fingerprint density at radius 3 is 2.74 bits per heavy atom. The molecule has 5 nitrogen and oxygen atoms in total. The first-order valence-electron chi connectivity index (χ1n) is 7.01. The van der Waals surface area contributed by atoms with Gasteiger partial charge in [0.2, 0.25) is 0 Å². The lowest BCUT2D eigenvalue weighted by Crippen LogP contribution is -2.50. The van der Waals surface area contributed by atoms with Crippen LogP contribution in [0.1, 0.15) is 29.9 Å². The van der Waals surface area contributed by atoms with Gasteiger partial charge < -0.3 is 15.2 Å². The molecule has 0 bridgehead atoms. The largest absolute Gasteiger partial charge is 0.396 e. The summed E-state index contributed by atoms with van der Waals surface area (Å²) in [6, 6.07) is 0. The van der Waals surface area contributed by atoms with E-state index in [4.69, 9.17) is 4.74 Å². The van der Waals surface area contributed by atoms with E-state index in [2.05, 4.69) is 15.3 Å². The van der Waals surface area contributed by atoms with Gasteiger partial charge in [-0.05, 0) is 32.6 Å². The second kappa shape index (κ2) is 5.06. The van der Waals surface area contributed by atoms with Gasteiger partial charge >= 0.3 is 0 Å². The third-order valence-corrected chi connectivity index (χ3v) is 4.08. The van der Waals surface area contributed by atoms with Gasteiger partial charge in [-0.3, -0.25) is 0 Å². The van der Waals surface area contributed by atoms with Crippen LogP contribution < -0.4 is 5.32 Å². The van der Waals surface area contributed by atoms with Crippen LogP contribution in [-0.4, -0.2) is 41.4 Å². The van der Waals surface area contributed by atoms with Gasteiger partial charge in [0.1, 0.15) is 11.6 Å². The highest BCUT2D eigenvalue weighted by molar-refractivity contribution is 5.48. The Balaban J connectivity index is 1.78. The molecule has 1 aliphatic carbocycles. The van der Waals surface area contributed by atoms with Gasteiger partial charge in [0, 0.05) is 17.8 Å². The lowest BCUT2D eigenvalue weighted by molar-refractivity contribution is -0.128. The van der Waals surface area contributed by atoms with Gasteiger partial charge in [0.05, 0.1) is 25.2 Å². The zero-order valence-corrected chi connectivity index (χ0v) is 11.4. The van der Waals surface area contributed by atoms with Crippen molar-refractivity contribution in [2.24, 2.45) is 5.41 Å². The van der Waals surface area contributed by atoms with Gasteiger partial charge in [-0.25, -0.2) is 9.97 Å². The molecular formula is C14H21N3O2. The number of rotatable bonds is 4. The number of aliphatic hydroxyl groups excluding tert-OH is 1. The Bertz CT molecular complexity index is 466. The SMILES string of the molecule is Cc1nc2c(c(NCC3(CO)COC3)n1)CCCC2. The first-order valence-corrected chi connectivity index (χ1v) is 7.01. The number of hydrogen-bond donors (Lipinski definition) is 2. The van der Waals surface area contributed by atoms with Crippen molar-refractivity contribution in [2.75, 3.05) is 31.7 Å². The first-order chi connectivity index (χ1) is 9.22. The maximum atomic E-state index is 9.45. The molecule has 19 heavy (non-hydrogen) atoms. The number of nitrogens with zero attached hydrogens (tertiary/aromatic N) is 2. The summed E-state index contributed by atoms with van der Waals surface area (Å²) in [5, 5.41) is 12.9. The Morgan fingerprint density at radius 1 is 1.26 bits per heavy atom. The molecule has 0 aromatic carbocycles. The minimum absolute atomic E-state index is 0.125. The van der Waals surface area contributed by atoms with Crippen molar-refractivity contribution in [3.63, 3.8) is 0 Å². The summed E-state index contributed by atoms with van der Waals surface area (Å²) in [5.74, 6) is 1.79. The predicted molar refractivity (Wildman–Crippen MR) is 72.2 cm³/mol. The van der Waals surface area contributed by atoms with E-state index in [1.807, 2.05) is 6.92 Å². The van der Waals surface area contributed by atoms with Gasteiger partial charge in [0.15, 0.2) is 0 Å². The molecule has 2 aliphatic rings. The first kappa shape index (κ1) is 12.8. The maximum absolute atomic E-state index is 9.45. The summed E-state index contributed by atoms with van der Waals surface area (Å²) in [6.07, 6.45) is 4.54. The molecular weight excluding hydrogens is 242 g/mol. The van der Waals surface area contributed by atoms with Crippen LogP contribution in [0.3, 0.4) is 0 Å². The summed E-state index contributed by atoms with van der Waals surface area (Å²) in [6.45, 7) is 4.07. The zero-order valence-electron chi connectivity index (χ0n) is 11.4. The minimum Gasteiger partial charge on any atom is -0.396 e. The quantitative estimate of drug-likeness (QED) is 0.851. The van der Waals surface area contributed by atoms with Gasteiger partial charge in [-0.2, -0.15) is 0 Å². The normalized spacial score (nSPS) is 20.5. The summed E-state index contributed by atoms with van der Waals surface area (Å²) in [4.78, 5) is 9.09. The van der Waals surface area contributed by atoms with Crippen LogP contribution in [-0.2, 0) is 17.6 Å². The molecule has 1 aromatic heterocycles. The zero-order chi connectivity index (χ0) is 13.3. The van der Waals surface area contributed by atoms with E-state index < -0.39 is 0 Å². The molecule has 3 rings (SSSR count). The number of anilines is 1. The predicted octanol–water partition coefficient (Wildman–Crippen LogP) is 1.08. The van der Waals surface area contributed by atoms with E-state index in [9.17, 15) is 5.11 Å². The van der Waals surface area contributed by atoms with Crippen molar-refractivity contribution < 1.29 is 9.84 Å². The number of nitrogens with one attached hydrogen (secondary N) is 1.